The molecule has 41 heavy (non-hydrogen) atoms. The van der Waals surface area contributed by atoms with Crippen LogP contribution in [0.5, 0.6) is 0 Å². The number of aliphatic carboxylic acids is 1. The fraction of sp³-hybridized carbons (Fsp3) is 0.571. The lowest BCUT2D eigenvalue weighted by Gasteiger charge is -2.43. The average molecular weight is 615 g/mol. The number of thiazole rings is 1. The maximum Gasteiger partial charge on any atom is 0.362 e. The highest BCUT2D eigenvalue weighted by Crippen LogP contribution is 2.40. The fourth-order valence-corrected chi connectivity index (χ4v) is 5.26. The van der Waals surface area contributed by atoms with Gasteiger partial charge in [-0.25, -0.2) is 14.1 Å². The summed E-state index contributed by atoms with van der Waals surface area (Å²) in [5.74, 6) is -3.40. The van der Waals surface area contributed by atoms with Crippen molar-refractivity contribution in [2.45, 2.75) is 69.4 Å². The molecule has 2 amide bonds. The lowest BCUT2D eigenvalue weighted by atomic mass is 9.98. The number of nitrogens with one attached hydrogen (secondary N) is 2. The van der Waals surface area contributed by atoms with E-state index in [9.17, 15) is 32.5 Å². The van der Waals surface area contributed by atoms with Gasteiger partial charge in [0.05, 0.1) is 18.4 Å². The molecule has 2 atom stereocenters. The Kier molecular flexibility index (Phi) is 8.32. The molecule has 1 saturated carbocycles. The smallest absolute Gasteiger partial charge is 0.362 e. The second-order valence-electron chi connectivity index (χ2n) is 10.3. The zero-order chi connectivity index (χ0) is 30.2. The van der Waals surface area contributed by atoms with Crippen molar-refractivity contribution in [2.24, 2.45) is 10.9 Å². The second-order valence-corrected chi connectivity index (χ2v) is 12.5. The summed E-state index contributed by atoms with van der Waals surface area (Å²) in [7, 11) is -4.99. The van der Waals surface area contributed by atoms with E-state index < -0.39 is 51.5 Å². The molecular formula is C21H30N10O8S2. The van der Waals surface area contributed by atoms with Gasteiger partial charge in [-0.05, 0) is 26.8 Å². The molecule has 4 rings (SSSR count). The number of carbonyl (C=O) groups is 3. The molecular weight excluding hydrogens is 584 g/mol. The molecule has 0 spiro atoms. The van der Waals surface area contributed by atoms with Crippen molar-refractivity contribution in [2.75, 3.05) is 12.3 Å². The van der Waals surface area contributed by atoms with Gasteiger partial charge in [0, 0.05) is 30.3 Å². The van der Waals surface area contributed by atoms with Crippen molar-refractivity contribution in [3.05, 3.63) is 23.0 Å². The molecule has 1 aliphatic carbocycles. The molecule has 20 heteroatoms. The van der Waals surface area contributed by atoms with Crippen molar-refractivity contribution < 1.29 is 37.3 Å². The first-order valence-electron chi connectivity index (χ1n) is 12.3. The summed E-state index contributed by atoms with van der Waals surface area (Å²) >= 11 is 0.976. The summed E-state index contributed by atoms with van der Waals surface area (Å²) in [6.07, 6.45) is 2.49. The predicted molar refractivity (Wildman–Crippen MR) is 142 cm³/mol. The molecule has 0 bridgehead atoms. The van der Waals surface area contributed by atoms with Gasteiger partial charge in [-0.2, -0.15) is 23.4 Å². The minimum absolute atomic E-state index is 0.0509. The molecule has 2 aromatic heterocycles. The number of amides is 2. The number of hydrogen-bond acceptors (Lipinski definition) is 14. The monoisotopic (exact) mass is 614 g/mol. The van der Waals surface area contributed by atoms with E-state index in [1.54, 1.807) is 0 Å². The molecule has 1 saturated heterocycles. The van der Waals surface area contributed by atoms with Crippen LogP contribution in [0.15, 0.2) is 16.7 Å². The van der Waals surface area contributed by atoms with Gasteiger partial charge >= 0.3 is 16.3 Å². The van der Waals surface area contributed by atoms with E-state index in [1.165, 1.54) is 11.6 Å². The van der Waals surface area contributed by atoms with Crippen molar-refractivity contribution >= 4 is 50.3 Å². The van der Waals surface area contributed by atoms with Gasteiger partial charge in [-0.15, -0.1) is 11.3 Å². The van der Waals surface area contributed by atoms with Crippen LogP contribution >= 0.6 is 11.3 Å². The van der Waals surface area contributed by atoms with Gasteiger partial charge in [0.2, 0.25) is 5.60 Å². The van der Waals surface area contributed by atoms with Crippen LogP contribution in [0.3, 0.4) is 0 Å². The molecule has 18 nitrogen and oxygen atoms in total. The topological polar surface area (TPSA) is 270 Å². The Morgan fingerprint density at radius 1 is 1.37 bits per heavy atom. The largest absolute Gasteiger partial charge is 0.478 e. The number of β-lactam (4-membered cyclic amide) rings is 1. The van der Waals surface area contributed by atoms with Crippen LogP contribution in [0.1, 0.15) is 44.5 Å². The molecule has 224 valence electrons. The number of carboxylic acids is 1. The van der Waals surface area contributed by atoms with Crippen LogP contribution in [0.2, 0.25) is 0 Å². The lowest BCUT2D eigenvalue weighted by Crippen LogP contribution is -2.73. The third kappa shape index (κ3) is 7.14. The molecule has 0 unspecified atom stereocenters. The van der Waals surface area contributed by atoms with Gasteiger partial charge in [-0.1, -0.05) is 5.16 Å². The lowest BCUT2D eigenvalue weighted by molar-refractivity contribution is -0.153. The summed E-state index contributed by atoms with van der Waals surface area (Å²) in [5.41, 5.74) is 9.67. The van der Waals surface area contributed by atoms with Crippen LogP contribution < -0.4 is 22.1 Å². The van der Waals surface area contributed by atoms with Crippen molar-refractivity contribution in [3.63, 3.8) is 0 Å². The highest BCUT2D eigenvalue weighted by atomic mass is 32.2. The summed E-state index contributed by atoms with van der Waals surface area (Å²) in [5, 5.41) is 28.4. The summed E-state index contributed by atoms with van der Waals surface area (Å²) < 4.78 is 33.7. The molecule has 1 aliphatic heterocycles. The number of nitrogens with zero attached hydrogens (tertiary/aromatic N) is 6. The Bertz CT molecular complexity index is 1460. The zero-order valence-corrected chi connectivity index (χ0v) is 23.7. The predicted octanol–water partition coefficient (Wildman–Crippen LogP) is -1.93. The number of anilines is 1. The first-order valence-corrected chi connectivity index (χ1v) is 14.6. The molecule has 0 radical (unpaired) electrons. The van der Waals surface area contributed by atoms with Crippen LogP contribution in [0, 0.1) is 0 Å². The van der Waals surface area contributed by atoms with Gasteiger partial charge in [0.15, 0.2) is 10.8 Å². The average Bonchev–Trinajstić information content (AvgIpc) is 3.33. The maximum atomic E-state index is 13.2. The highest BCUT2D eigenvalue weighted by Gasteiger charge is 2.56. The maximum absolute atomic E-state index is 13.2. The van der Waals surface area contributed by atoms with E-state index >= 15 is 0 Å². The van der Waals surface area contributed by atoms with E-state index in [0.29, 0.717) is 25.2 Å². The molecule has 3 heterocycles. The Balaban J connectivity index is 1.49. The number of carbonyl (C=O) groups excluding carboxylic acids is 2. The van der Waals surface area contributed by atoms with Crippen LogP contribution in [0.25, 0.3) is 0 Å². The van der Waals surface area contributed by atoms with E-state index in [2.05, 4.69) is 31.0 Å². The number of hydrogen-bond donors (Lipinski definition) is 6. The number of nitrogens with two attached hydrogens (primary N) is 2. The van der Waals surface area contributed by atoms with Crippen LogP contribution in [0.4, 0.5) is 5.13 Å². The quantitative estimate of drug-likeness (QED) is 0.0445. The Morgan fingerprint density at radius 2 is 2.07 bits per heavy atom. The van der Waals surface area contributed by atoms with Crippen LogP contribution in [-0.4, -0.2) is 95.6 Å². The SMILES string of the molecule is CC(C)(N)CCNCc1cnn(C[C@@H]2[C@H](NC(=O)/C(=N\OC3(C(=O)O)CC3)c3csc(N)n3)C(=O)N2S(=O)(=O)O)n1. The zero-order valence-electron chi connectivity index (χ0n) is 22.1. The highest BCUT2D eigenvalue weighted by molar-refractivity contribution is 7.84. The van der Waals surface area contributed by atoms with E-state index in [1.807, 2.05) is 13.8 Å². The Morgan fingerprint density at radius 3 is 2.63 bits per heavy atom. The third-order valence-corrected chi connectivity index (χ3v) is 7.90. The summed E-state index contributed by atoms with van der Waals surface area (Å²) in [4.78, 5) is 47.6. The first-order chi connectivity index (χ1) is 19.1. The number of rotatable bonds is 14. The number of carboxylic acid groups (broad SMARTS) is 1. The van der Waals surface area contributed by atoms with E-state index in [4.69, 9.17) is 16.3 Å². The molecule has 2 aliphatic rings. The molecule has 2 fully saturated rings. The third-order valence-electron chi connectivity index (χ3n) is 6.28. The summed E-state index contributed by atoms with van der Waals surface area (Å²) in [6, 6.07) is -2.75. The van der Waals surface area contributed by atoms with Gasteiger partial charge in [0.25, 0.3) is 11.8 Å². The van der Waals surface area contributed by atoms with E-state index in [0.717, 1.165) is 16.1 Å². The van der Waals surface area contributed by atoms with Crippen molar-refractivity contribution in [3.8, 4) is 0 Å². The van der Waals surface area contributed by atoms with Gasteiger partial charge in [0.1, 0.15) is 17.8 Å². The van der Waals surface area contributed by atoms with Crippen molar-refractivity contribution in [1.82, 2.24) is 34.9 Å². The first kappa shape index (κ1) is 30.2. The Hall–Kier alpha value is -3.72. The van der Waals surface area contributed by atoms with Gasteiger partial charge < -0.3 is 32.0 Å². The molecule has 2 aromatic rings. The van der Waals surface area contributed by atoms with Crippen LogP contribution in [-0.2, 0) is 42.6 Å². The molecule has 8 N–H and O–H groups in total. The summed E-state index contributed by atoms with van der Waals surface area (Å²) in [6.45, 7) is 4.45. The van der Waals surface area contributed by atoms with E-state index in [-0.39, 0.29) is 40.1 Å². The normalized spacial score (nSPS) is 20.4. The minimum Gasteiger partial charge on any atom is -0.478 e. The minimum atomic E-state index is -4.99. The Labute approximate surface area is 238 Å². The second kappa shape index (κ2) is 11.3. The van der Waals surface area contributed by atoms with Crippen molar-refractivity contribution in [1.29, 1.82) is 0 Å². The fourth-order valence-electron chi connectivity index (χ4n) is 3.84. The van der Waals surface area contributed by atoms with Gasteiger partial charge in [-0.3, -0.25) is 14.1 Å². The number of aromatic nitrogens is 4. The standard InChI is InChI=1S/C21H30N10O8S2/c1-20(2,23)5-6-24-7-11-8-25-30(28-11)9-13-15(17(33)31(13)41(36,37)38)27-16(32)14(12-10-40-19(22)26-12)29-39-21(3-4-21)18(34)35/h8,10,13,15,24H,3-7,9,23H2,1-2H3,(H2,22,26)(H,27,32)(H,34,35)(H,36,37,38)/b29-14-/t13-,15+/m1/s1. The number of oxime groups is 1. The number of nitrogen functional groups attached to an aromatic ring is 1. The molecule has 0 aromatic carbocycles.